The maximum atomic E-state index is 12.7. The van der Waals surface area contributed by atoms with Crippen molar-refractivity contribution in [3.05, 3.63) is 23.3 Å². The first-order chi connectivity index (χ1) is 11.2. The van der Waals surface area contributed by atoms with E-state index in [1.54, 1.807) is 9.42 Å². The molecular weight excluding hydrogens is 306 g/mol. The summed E-state index contributed by atoms with van der Waals surface area (Å²) in [6, 6.07) is 1.93. The lowest BCUT2D eigenvalue weighted by molar-refractivity contribution is -0.132. The molecule has 2 heterocycles. The normalized spacial score (nSPS) is 11.9. The van der Waals surface area contributed by atoms with E-state index in [1.165, 1.54) is 0 Å². The third kappa shape index (κ3) is 4.74. The Hall–Kier alpha value is -2.02. The number of aromatic nitrogens is 4. The summed E-state index contributed by atoms with van der Waals surface area (Å²) in [4.78, 5) is 23.2. The highest BCUT2D eigenvalue weighted by Gasteiger charge is 2.22. The van der Waals surface area contributed by atoms with Gasteiger partial charge in [0.15, 0.2) is 5.82 Å². The molecule has 2 rings (SSSR count). The van der Waals surface area contributed by atoms with Crippen molar-refractivity contribution in [2.75, 3.05) is 19.7 Å². The molecule has 7 heteroatoms. The van der Waals surface area contributed by atoms with E-state index in [0.29, 0.717) is 31.1 Å². The van der Waals surface area contributed by atoms with Gasteiger partial charge in [-0.1, -0.05) is 20.8 Å². The van der Waals surface area contributed by atoms with Crippen molar-refractivity contribution >= 4 is 11.7 Å². The highest BCUT2D eigenvalue weighted by atomic mass is 16.3. The van der Waals surface area contributed by atoms with Gasteiger partial charge >= 0.3 is 0 Å². The summed E-state index contributed by atoms with van der Waals surface area (Å²) in [6.07, 6.45) is 0.712. The molecule has 0 saturated heterocycles. The summed E-state index contributed by atoms with van der Waals surface area (Å²) in [5.41, 5.74) is 1.81. The largest absolute Gasteiger partial charge is 0.396 e. The molecule has 0 radical (unpaired) electrons. The first kappa shape index (κ1) is 18.3. The van der Waals surface area contributed by atoms with Gasteiger partial charge in [-0.2, -0.15) is 4.98 Å². The topological polar surface area (TPSA) is 83.6 Å². The maximum Gasteiger partial charge on any atom is 0.252 e. The molecule has 24 heavy (non-hydrogen) atoms. The molecule has 2 aromatic rings. The van der Waals surface area contributed by atoms with Crippen LogP contribution in [0.4, 0.5) is 0 Å². The third-order valence-corrected chi connectivity index (χ3v) is 3.58. The van der Waals surface area contributed by atoms with Gasteiger partial charge in [0, 0.05) is 31.1 Å². The summed E-state index contributed by atoms with van der Waals surface area (Å²) in [5.74, 6) is 0.973. The molecule has 0 aliphatic rings. The van der Waals surface area contributed by atoms with Crippen LogP contribution in [0.1, 0.15) is 44.4 Å². The van der Waals surface area contributed by atoms with Crippen molar-refractivity contribution < 1.29 is 9.90 Å². The van der Waals surface area contributed by atoms with Gasteiger partial charge in [0.25, 0.3) is 5.78 Å². The molecule has 2 aromatic heterocycles. The van der Waals surface area contributed by atoms with Crippen LogP contribution >= 0.6 is 0 Å². The lowest BCUT2D eigenvalue weighted by atomic mass is 9.96. The third-order valence-electron chi connectivity index (χ3n) is 3.58. The Morgan fingerprint density at radius 1 is 1.29 bits per heavy atom. The molecule has 0 aliphatic heterocycles. The number of hydrogen-bond donors (Lipinski definition) is 1. The number of carbonyl (C=O) groups is 1. The van der Waals surface area contributed by atoms with Gasteiger partial charge in [-0.3, -0.25) is 4.79 Å². The highest BCUT2D eigenvalue weighted by Crippen LogP contribution is 2.16. The van der Waals surface area contributed by atoms with E-state index in [9.17, 15) is 4.79 Å². The SMILES string of the molecule is Cc1cc(C)n2nc(CC(=O)N(CCCO)CC(C)(C)C)nc2n1. The van der Waals surface area contributed by atoms with E-state index in [2.05, 4.69) is 35.8 Å². The molecule has 0 spiro atoms. The van der Waals surface area contributed by atoms with E-state index < -0.39 is 0 Å². The number of rotatable bonds is 6. The summed E-state index contributed by atoms with van der Waals surface area (Å²) in [6.45, 7) is 11.4. The van der Waals surface area contributed by atoms with Crippen molar-refractivity contribution in [2.24, 2.45) is 5.41 Å². The van der Waals surface area contributed by atoms with Crippen molar-refractivity contribution in [3.63, 3.8) is 0 Å². The van der Waals surface area contributed by atoms with Crippen LogP contribution in [-0.4, -0.2) is 55.2 Å². The molecule has 1 N–H and O–H groups in total. The fourth-order valence-electron chi connectivity index (χ4n) is 2.66. The molecule has 0 fully saturated rings. The van der Waals surface area contributed by atoms with Crippen LogP contribution in [0, 0.1) is 19.3 Å². The predicted octanol–water partition coefficient (Wildman–Crippen LogP) is 1.54. The molecule has 0 aliphatic carbocycles. The average Bonchev–Trinajstić information content (AvgIpc) is 2.84. The molecule has 0 atom stereocenters. The van der Waals surface area contributed by atoms with Crippen LogP contribution in [0.3, 0.4) is 0 Å². The number of aliphatic hydroxyl groups excluding tert-OH is 1. The summed E-state index contributed by atoms with van der Waals surface area (Å²) in [5, 5.41) is 13.5. The van der Waals surface area contributed by atoms with Gasteiger partial charge in [-0.25, -0.2) is 9.50 Å². The number of hydrogen-bond acceptors (Lipinski definition) is 5. The Balaban J connectivity index is 2.17. The monoisotopic (exact) mass is 333 g/mol. The van der Waals surface area contributed by atoms with Crippen LogP contribution in [0.25, 0.3) is 5.78 Å². The van der Waals surface area contributed by atoms with E-state index >= 15 is 0 Å². The second-order valence-electron chi connectivity index (χ2n) is 7.41. The Labute approximate surface area is 142 Å². The van der Waals surface area contributed by atoms with Gasteiger partial charge in [0.05, 0.1) is 6.42 Å². The molecule has 132 valence electrons. The van der Waals surface area contributed by atoms with E-state index in [0.717, 1.165) is 11.4 Å². The second kappa shape index (κ2) is 7.25. The maximum absolute atomic E-state index is 12.7. The number of fused-ring (bicyclic) bond motifs is 1. The minimum absolute atomic E-state index is 0.00723. The highest BCUT2D eigenvalue weighted by molar-refractivity contribution is 5.78. The van der Waals surface area contributed by atoms with E-state index in [4.69, 9.17) is 5.11 Å². The van der Waals surface area contributed by atoms with Gasteiger partial charge in [-0.05, 0) is 31.7 Å². The van der Waals surface area contributed by atoms with Gasteiger partial charge in [0.2, 0.25) is 5.91 Å². The average molecular weight is 333 g/mol. The number of carbonyl (C=O) groups excluding carboxylic acids is 1. The number of aryl methyl sites for hydroxylation is 2. The quantitative estimate of drug-likeness (QED) is 0.867. The Bertz CT molecular complexity index is 718. The zero-order valence-corrected chi connectivity index (χ0v) is 15.2. The molecule has 1 amide bonds. The van der Waals surface area contributed by atoms with E-state index in [1.807, 2.05) is 19.9 Å². The molecule has 0 saturated carbocycles. The number of nitrogens with zero attached hydrogens (tertiary/aromatic N) is 5. The lowest BCUT2D eigenvalue weighted by Gasteiger charge is -2.29. The molecule has 7 nitrogen and oxygen atoms in total. The fraction of sp³-hybridized carbons (Fsp3) is 0.647. The Morgan fingerprint density at radius 3 is 2.62 bits per heavy atom. The molecule has 0 unspecified atom stereocenters. The van der Waals surface area contributed by atoms with E-state index in [-0.39, 0.29) is 24.3 Å². The van der Waals surface area contributed by atoms with Crippen molar-refractivity contribution in [1.29, 1.82) is 0 Å². The van der Waals surface area contributed by atoms with Crippen LogP contribution in [0.2, 0.25) is 0 Å². The molecule has 0 aromatic carbocycles. The molecule has 0 bridgehead atoms. The smallest absolute Gasteiger partial charge is 0.252 e. The van der Waals surface area contributed by atoms with Crippen molar-refractivity contribution in [1.82, 2.24) is 24.5 Å². The second-order valence-corrected chi connectivity index (χ2v) is 7.41. The minimum atomic E-state index is -0.0244. The fourth-order valence-corrected chi connectivity index (χ4v) is 2.66. The van der Waals surface area contributed by atoms with Gasteiger partial charge in [0.1, 0.15) is 0 Å². The summed E-state index contributed by atoms with van der Waals surface area (Å²) < 4.78 is 1.66. The van der Waals surface area contributed by atoms with Crippen molar-refractivity contribution in [2.45, 2.75) is 47.5 Å². The zero-order chi connectivity index (χ0) is 17.9. The first-order valence-corrected chi connectivity index (χ1v) is 8.28. The van der Waals surface area contributed by atoms with Crippen LogP contribution in [-0.2, 0) is 11.2 Å². The Morgan fingerprint density at radius 2 is 2.00 bits per heavy atom. The minimum Gasteiger partial charge on any atom is -0.396 e. The standard InChI is InChI=1S/C17H27N5O2/c1-12-9-13(2)22-16(18-12)19-14(20-22)10-15(24)21(7-6-8-23)11-17(3,4)5/h9,23H,6-8,10-11H2,1-5H3. The number of amides is 1. The van der Waals surface area contributed by atoms with Gasteiger partial charge < -0.3 is 10.0 Å². The summed E-state index contributed by atoms with van der Waals surface area (Å²) in [7, 11) is 0. The van der Waals surface area contributed by atoms with Crippen LogP contribution < -0.4 is 0 Å². The lowest BCUT2D eigenvalue weighted by Crippen LogP contribution is -2.39. The zero-order valence-electron chi connectivity index (χ0n) is 15.2. The van der Waals surface area contributed by atoms with Crippen LogP contribution in [0.5, 0.6) is 0 Å². The summed E-state index contributed by atoms with van der Waals surface area (Å²) >= 11 is 0. The van der Waals surface area contributed by atoms with Crippen LogP contribution in [0.15, 0.2) is 6.07 Å². The van der Waals surface area contributed by atoms with Crippen molar-refractivity contribution in [3.8, 4) is 0 Å². The Kier molecular flexibility index (Phi) is 5.54. The first-order valence-electron chi connectivity index (χ1n) is 8.28. The number of aliphatic hydroxyl groups is 1. The molecular formula is C17H27N5O2. The van der Waals surface area contributed by atoms with Gasteiger partial charge in [-0.15, -0.1) is 5.10 Å². The predicted molar refractivity (Wildman–Crippen MR) is 91.7 cm³/mol.